The van der Waals surface area contributed by atoms with Crippen molar-refractivity contribution in [3.63, 3.8) is 0 Å². The van der Waals surface area contributed by atoms with E-state index < -0.39 is 0 Å². The van der Waals surface area contributed by atoms with Crippen molar-refractivity contribution in [3.05, 3.63) is 65.5 Å². The van der Waals surface area contributed by atoms with Crippen molar-refractivity contribution in [2.24, 2.45) is 0 Å². The molecule has 1 aromatic carbocycles. The van der Waals surface area contributed by atoms with Crippen LogP contribution in [-0.2, 0) is 22.7 Å². The topological polar surface area (TPSA) is 53.5 Å². The normalized spacial score (nSPS) is 17.0. The molecule has 0 radical (unpaired) electrons. The molecule has 2 aromatic rings. The highest BCUT2D eigenvalue weighted by atomic mass is 16.2. The molecule has 1 atom stereocenters. The van der Waals surface area contributed by atoms with E-state index in [1.54, 1.807) is 29.2 Å². The Morgan fingerprint density at radius 1 is 1.16 bits per heavy atom. The Kier molecular flexibility index (Phi) is 5.12. The van der Waals surface area contributed by atoms with Crippen LogP contribution in [0.15, 0.2) is 48.8 Å². The van der Waals surface area contributed by atoms with Gasteiger partial charge in [0.1, 0.15) is 6.04 Å². The summed E-state index contributed by atoms with van der Waals surface area (Å²) < 4.78 is 0. The Balaban J connectivity index is 1.69. The fourth-order valence-corrected chi connectivity index (χ4v) is 3.17. The second-order valence-electron chi connectivity index (χ2n) is 6.61. The van der Waals surface area contributed by atoms with E-state index in [9.17, 15) is 9.59 Å². The highest BCUT2D eigenvalue weighted by molar-refractivity contribution is 5.90. The lowest BCUT2D eigenvalue weighted by molar-refractivity contribution is -0.141. The molecule has 1 saturated heterocycles. The van der Waals surface area contributed by atoms with Crippen LogP contribution in [0.3, 0.4) is 0 Å². The third-order valence-electron chi connectivity index (χ3n) is 4.63. The number of nitrogens with zero attached hydrogens (tertiary/aromatic N) is 3. The number of carbonyl (C=O) groups is 2. The first kappa shape index (κ1) is 17.1. The van der Waals surface area contributed by atoms with Gasteiger partial charge in [-0.3, -0.25) is 14.6 Å². The molecular formula is C20H23N3O2. The number of amides is 2. The molecule has 1 fully saturated rings. The third kappa shape index (κ3) is 4.05. The summed E-state index contributed by atoms with van der Waals surface area (Å²) in [5, 5.41) is 0. The maximum Gasteiger partial charge on any atom is 0.245 e. The van der Waals surface area contributed by atoms with Gasteiger partial charge in [-0.15, -0.1) is 0 Å². The SMILES string of the molecule is Cc1ccc(CN2C(=O)CCC2C(=O)N(C)Cc2ccncc2)cc1. The lowest BCUT2D eigenvalue weighted by Crippen LogP contribution is -2.44. The second kappa shape index (κ2) is 7.47. The Hall–Kier alpha value is -2.69. The van der Waals surface area contributed by atoms with Gasteiger partial charge in [0, 0.05) is 39.0 Å². The van der Waals surface area contributed by atoms with Crippen LogP contribution >= 0.6 is 0 Å². The standard InChI is InChI=1S/C20H23N3O2/c1-15-3-5-16(6-4-15)14-23-18(7-8-19(23)24)20(25)22(2)13-17-9-11-21-12-10-17/h3-6,9-12,18H,7-8,13-14H2,1-2H3. The Labute approximate surface area is 148 Å². The van der Waals surface area contributed by atoms with Crippen molar-refractivity contribution in [3.8, 4) is 0 Å². The van der Waals surface area contributed by atoms with Crippen LogP contribution in [0.5, 0.6) is 0 Å². The first-order chi connectivity index (χ1) is 12.0. The Morgan fingerprint density at radius 3 is 2.52 bits per heavy atom. The lowest BCUT2D eigenvalue weighted by atomic mass is 10.1. The van der Waals surface area contributed by atoms with E-state index in [1.165, 1.54) is 5.56 Å². The molecule has 0 saturated carbocycles. The van der Waals surface area contributed by atoms with E-state index in [-0.39, 0.29) is 17.9 Å². The molecule has 0 N–H and O–H groups in total. The van der Waals surface area contributed by atoms with Crippen molar-refractivity contribution in [1.82, 2.24) is 14.8 Å². The van der Waals surface area contributed by atoms with Gasteiger partial charge < -0.3 is 9.80 Å². The monoisotopic (exact) mass is 337 g/mol. The van der Waals surface area contributed by atoms with Gasteiger partial charge in [0.05, 0.1) is 0 Å². The molecule has 0 aliphatic carbocycles. The smallest absolute Gasteiger partial charge is 0.245 e. The van der Waals surface area contributed by atoms with E-state index in [4.69, 9.17) is 0 Å². The van der Waals surface area contributed by atoms with Crippen LogP contribution in [0.2, 0.25) is 0 Å². The zero-order valence-electron chi connectivity index (χ0n) is 14.7. The van der Waals surface area contributed by atoms with Crippen molar-refractivity contribution < 1.29 is 9.59 Å². The summed E-state index contributed by atoms with van der Waals surface area (Å²) in [5.41, 5.74) is 3.26. The number of carbonyl (C=O) groups excluding carboxylic acids is 2. The quantitative estimate of drug-likeness (QED) is 0.842. The molecule has 0 spiro atoms. The van der Waals surface area contributed by atoms with E-state index >= 15 is 0 Å². The molecular weight excluding hydrogens is 314 g/mol. The summed E-state index contributed by atoms with van der Waals surface area (Å²) in [6, 6.07) is 11.5. The van der Waals surface area contributed by atoms with Crippen LogP contribution in [-0.4, -0.2) is 39.7 Å². The van der Waals surface area contributed by atoms with Crippen LogP contribution < -0.4 is 0 Å². The number of pyridine rings is 1. The van der Waals surface area contributed by atoms with Gasteiger partial charge >= 0.3 is 0 Å². The molecule has 2 amide bonds. The van der Waals surface area contributed by atoms with Gasteiger partial charge in [-0.05, 0) is 36.6 Å². The molecule has 1 aromatic heterocycles. The van der Waals surface area contributed by atoms with Crippen LogP contribution in [0.4, 0.5) is 0 Å². The summed E-state index contributed by atoms with van der Waals surface area (Å²) in [7, 11) is 1.79. The molecule has 0 bridgehead atoms. The second-order valence-corrected chi connectivity index (χ2v) is 6.61. The lowest BCUT2D eigenvalue weighted by Gasteiger charge is -2.28. The Bertz CT molecular complexity index is 743. The fourth-order valence-electron chi connectivity index (χ4n) is 3.17. The van der Waals surface area contributed by atoms with Gasteiger partial charge in [-0.1, -0.05) is 29.8 Å². The van der Waals surface area contributed by atoms with Gasteiger partial charge in [0.15, 0.2) is 0 Å². The molecule has 5 nitrogen and oxygen atoms in total. The molecule has 3 rings (SSSR count). The minimum atomic E-state index is -0.374. The fraction of sp³-hybridized carbons (Fsp3) is 0.350. The number of hydrogen-bond donors (Lipinski definition) is 0. The highest BCUT2D eigenvalue weighted by Gasteiger charge is 2.37. The molecule has 2 heterocycles. The maximum atomic E-state index is 12.9. The number of aryl methyl sites for hydroxylation is 1. The summed E-state index contributed by atoms with van der Waals surface area (Å²) in [6.07, 6.45) is 4.46. The van der Waals surface area contributed by atoms with Gasteiger partial charge in [-0.25, -0.2) is 0 Å². The van der Waals surface area contributed by atoms with Gasteiger partial charge in [0.2, 0.25) is 11.8 Å². The third-order valence-corrected chi connectivity index (χ3v) is 4.63. The first-order valence-electron chi connectivity index (χ1n) is 8.53. The van der Waals surface area contributed by atoms with Crippen molar-refractivity contribution in [1.29, 1.82) is 0 Å². The number of likely N-dealkylation sites (tertiary alicyclic amines) is 1. The number of aromatic nitrogens is 1. The van der Waals surface area contributed by atoms with E-state index in [1.807, 2.05) is 43.3 Å². The minimum Gasteiger partial charge on any atom is -0.340 e. The van der Waals surface area contributed by atoms with E-state index in [0.717, 1.165) is 11.1 Å². The number of hydrogen-bond acceptors (Lipinski definition) is 3. The largest absolute Gasteiger partial charge is 0.340 e. The number of benzene rings is 1. The first-order valence-corrected chi connectivity index (χ1v) is 8.53. The molecule has 25 heavy (non-hydrogen) atoms. The number of likely N-dealkylation sites (N-methyl/N-ethyl adjacent to an activating group) is 1. The average molecular weight is 337 g/mol. The summed E-state index contributed by atoms with van der Waals surface area (Å²) in [6.45, 7) is 3.04. The zero-order chi connectivity index (χ0) is 17.8. The van der Waals surface area contributed by atoms with Crippen molar-refractivity contribution >= 4 is 11.8 Å². The van der Waals surface area contributed by atoms with Crippen molar-refractivity contribution in [2.75, 3.05) is 7.05 Å². The highest BCUT2D eigenvalue weighted by Crippen LogP contribution is 2.23. The van der Waals surface area contributed by atoms with E-state index in [0.29, 0.717) is 25.9 Å². The molecule has 130 valence electrons. The van der Waals surface area contributed by atoms with Gasteiger partial charge in [-0.2, -0.15) is 0 Å². The summed E-state index contributed by atoms with van der Waals surface area (Å²) in [5.74, 6) is 0.0472. The molecule has 1 aliphatic heterocycles. The van der Waals surface area contributed by atoms with Crippen molar-refractivity contribution in [2.45, 2.75) is 38.9 Å². The zero-order valence-corrected chi connectivity index (χ0v) is 14.7. The molecule has 1 unspecified atom stereocenters. The minimum absolute atomic E-state index is 0.00484. The van der Waals surface area contributed by atoms with E-state index in [2.05, 4.69) is 4.98 Å². The predicted molar refractivity (Wildman–Crippen MR) is 95.5 cm³/mol. The Morgan fingerprint density at radius 2 is 1.84 bits per heavy atom. The summed E-state index contributed by atoms with van der Waals surface area (Å²) >= 11 is 0. The number of rotatable bonds is 5. The average Bonchev–Trinajstić information content (AvgIpc) is 2.98. The van der Waals surface area contributed by atoms with Gasteiger partial charge in [0.25, 0.3) is 0 Å². The predicted octanol–water partition coefficient (Wildman–Crippen LogP) is 2.54. The maximum absolute atomic E-state index is 12.9. The molecule has 1 aliphatic rings. The molecule has 5 heteroatoms. The van der Waals surface area contributed by atoms with Crippen LogP contribution in [0, 0.1) is 6.92 Å². The van der Waals surface area contributed by atoms with Crippen LogP contribution in [0.25, 0.3) is 0 Å². The van der Waals surface area contributed by atoms with Crippen LogP contribution in [0.1, 0.15) is 29.5 Å². The summed E-state index contributed by atoms with van der Waals surface area (Å²) in [4.78, 5) is 32.6.